The molecule has 0 amide bonds. The molecule has 1 rings (SSSR count). The molecule has 0 aliphatic rings. The predicted octanol–water partition coefficient (Wildman–Crippen LogP) is 2.35. The van der Waals surface area contributed by atoms with Crippen molar-refractivity contribution in [3.05, 3.63) is 16.1 Å². The van der Waals surface area contributed by atoms with Crippen molar-refractivity contribution in [2.75, 3.05) is 13.2 Å². The summed E-state index contributed by atoms with van der Waals surface area (Å²) in [5, 5.41) is 0. The molecule has 1 aromatic heterocycles. The second-order valence-electron chi connectivity index (χ2n) is 3.63. The molecule has 0 radical (unpaired) electrons. The molecule has 0 aliphatic carbocycles. The van der Waals surface area contributed by atoms with Gasteiger partial charge < -0.3 is 9.47 Å². The van der Waals surface area contributed by atoms with E-state index in [0.29, 0.717) is 19.6 Å². The molecule has 0 bridgehead atoms. The largest absolute Gasteiger partial charge is 0.464 e. The molecule has 1 heterocycles. The van der Waals surface area contributed by atoms with E-state index in [0.717, 1.165) is 12.1 Å². The van der Waals surface area contributed by atoms with Crippen molar-refractivity contribution < 1.29 is 14.3 Å². The van der Waals surface area contributed by atoms with E-state index in [-0.39, 0.29) is 5.97 Å². The molecule has 0 aliphatic heterocycles. The lowest BCUT2D eigenvalue weighted by Crippen LogP contribution is -2.26. The highest BCUT2D eigenvalue weighted by Crippen LogP contribution is 2.13. The summed E-state index contributed by atoms with van der Waals surface area (Å²) in [5.41, 5.74) is 2.87. The number of esters is 1. The molecule has 0 spiro atoms. The van der Waals surface area contributed by atoms with Crippen LogP contribution in [-0.2, 0) is 20.7 Å². The topological polar surface area (TPSA) is 48.4 Å². The average molecular weight is 257 g/mol. The maximum atomic E-state index is 11.5. The molecule has 5 heteroatoms. The first-order valence-electron chi connectivity index (χ1n) is 5.86. The van der Waals surface area contributed by atoms with E-state index in [1.165, 1.54) is 4.88 Å². The number of ether oxygens (including phenoxy) is 2. The number of aryl methyl sites for hydroxylation is 1. The lowest BCUT2D eigenvalue weighted by atomic mass is 10.2. The Hall–Kier alpha value is -0.940. The first-order chi connectivity index (χ1) is 8.19. The SMILES string of the molecule is CCOC(=O)C(CC)OCCc1scnc1C. The highest BCUT2D eigenvalue weighted by Gasteiger charge is 2.18. The zero-order chi connectivity index (χ0) is 12.7. The van der Waals surface area contributed by atoms with Gasteiger partial charge in [0.2, 0.25) is 0 Å². The molecular formula is C12H19NO3S. The van der Waals surface area contributed by atoms with Crippen molar-refractivity contribution in [2.24, 2.45) is 0 Å². The van der Waals surface area contributed by atoms with E-state index in [4.69, 9.17) is 9.47 Å². The molecule has 96 valence electrons. The number of aromatic nitrogens is 1. The van der Waals surface area contributed by atoms with Crippen LogP contribution in [0.5, 0.6) is 0 Å². The third-order valence-corrected chi connectivity index (χ3v) is 3.41. The van der Waals surface area contributed by atoms with Gasteiger partial charge in [0.05, 0.1) is 24.4 Å². The zero-order valence-corrected chi connectivity index (χ0v) is 11.4. The molecule has 17 heavy (non-hydrogen) atoms. The first kappa shape index (κ1) is 14.1. The van der Waals surface area contributed by atoms with Crippen LogP contribution in [0.15, 0.2) is 5.51 Å². The van der Waals surface area contributed by atoms with Crippen LogP contribution in [0.2, 0.25) is 0 Å². The van der Waals surface area contributed by atoms with Gasteiger partial charge in [-0.05, 0) is 20.3 Å². The highest BCUT2D eigenvalue weighted by molar-refractivity contribution is 7.09. The minimum atomic E-state index is -0.442. The second-order valence-corrected chi connectivity index (χ2v) is 4.57. The van der Waals surface area contributed by atoms with E-state index in [1.807, 2.05) is 19.4 Å². The maximum Gasteiger partial charge on any atom is 0.335 e. The monoisotopic (exact) mass is 257 g/mol. The smallest absolute Gasteiger partial charge is 0.335 e. The molecule has 0 saturated heterocycles. The third kappa shape index (κ3) is 4.44. The normalized spacial score (nSPS) is 12.4. The number of rotatable bonds is 7. The Balaban J connectivity index is 2.33. The molecular weight excluding hydrogens is 238 g/mol. The van der Waals surface area contributed by atoms with Gasteiger partial charge >= 0.3 is 5.97 Å². The van der Waals surface area contributed by atoms with Gasteiger partial charge in [-0.1, -0.05) is 6.92 Å². The van der Waals surface area contributed by atoms with E-state index in [1.54, 1.807) is 18.3 Å². The van der Waals surface area contributed by atoms with Crippen LogP contribution in [0.3, 0.4) is 0 Å². The number of thiazole rings is 1. The van der Waals surface area contributed by atoms with Crippen LogP contribution in [0, 0.1) is 6.92 Å². The summed E-state index contributed by atoms with van der Waals surface area (Å²) in [6.45, 7) is 6.62. The Kier molecular flexibility index (Phi) is 6.15. The zero-order valence-electron chi connectivity index (χ0n) is 10.6. The predicted molar refractivity (Wildman–Crippen MR) is 67.2 cm³/mol. The fraction of sp³-hybridized carbons (Fsp3) is 0.667. The van der Waals surface area contributed by atoms with E-state index in [9.17, 15) is 4.79 Å². The number of carbonyl (C=O) groups is 1. The summed E-state index contributed by atoms with van der Waals surface area (Å²) in [5.74, 6) is -0.268. The van der Waals surface area contributed by atoms with Gasteiger partial charge in [-0.2, -0.15) is 0 Å². The maximum absolute atomic E-state index is 11.5. The van der Waals surface area contributed by atoms with E-state index in [2.05, 4.69) is 4.98 Å². The van der Waals surface area contributed by atoms with Crippen molar-refractivity contribution >= 4 is 17.3 Å². The molecule has 0 saturated carbocycles. The standard InChI is InChI=1S/C12H19NO3S/c1-4-10(12(14)15-5-2)16-7-6-11-9(3)13-8-17-11/h8,10H,4-7H2,1-3H3. The van der Waals surface area contributed by atoms with Crippen molar-refractivity contribution in [3.8, 4) is 0 Å². The summed E-state index contributed by atoms with van der Waals surface area (Å²) in [4.78, 5) is 16.9. The van der Waals surface area contributed by atoms with Gasteiger partial charge in [0.15, 0.2) is 6.10 Å². The van der Waals surface area contributed by atoms with Crippen LogP contribution >= 0.6 is 11.3 Å². The minimum absolute atomic E-state index is 0.268. The van der Waals surface area contributed by atoms with Gasteiger partial charge in [0.25, 0.3) is 0 Å². The Labute approximate surface area is 106 Å². The van der Waals surface area contributed by atoms with Crippen LogP contribution < -0.4 is 0 Å². The number of nitrogens with zero attached hydrogens (tertiary/aromatic N) is 1. The number of carbonyl (C=O) groups excluding carboxylic acids is 1. The van der Waals surface area contributed by atoms with Gasteiger partial charge in [-0.15, -0.1) is 11.3 Å². The molecule has 1 aromatic rings. The van der Waals surface area contributed by atoms with Crippen molar-refractivity contribution in [1.29, 1.82) is 0 Å². The van der Waals surface area contributed by atoms with Crippen molar-refractivity contribution in [1.82, 2.24) is 4.98 Å². The van der Waals surface area contributed by atoms with Crippen LogP contribution in [-0.4, -0.2) is 30.3 Å². The summed E-state index contributed by atoms with van der Waals surface area (Å²) in [6.07, 6.45) is 0.996. The fourth-order valence-corrected chi connectivity index (χ4v) is 2.21. The summed E-state index contributed by atoms with van der Waals surface area (Å²) in [6, 6.07) is 0. The molecule has 0 fully saturated rings. The van der Waals surface area contributed by atoms with Gasteiger partial charge in [0, 0.05) is 11.3 Å². The summed E-state index contributed by atoms with van der Waals surface area (Å²) >= 11 is 1.62. The Morgan fingerprint density at radius 1 is 1.53 bits per heavy atom. The van der Waals surface area contributed by atoms with Crippen LogP contribution in [0.4, 0.5) is 0 Å². The van der Waals surface area contributed by atoms with Gasteiger partial charge in [-0.25, -0.2) is 9.78 Å². The summed E-state index contributed by atoms with van der Waals surface area (Å²) < 4.78 is 10.5. The van der Waals surface area contributed by atoms with Crippen LogP contribution in [0.25, 0.3) is 0 Å². The number of hydrogen-bond donors (Lipinski definition) is 0. The van der Waals surface area contributed by atoms with Crippen molar-refractivity contribution in [3.63, 3.8) is 0 Å². The molecule has 1 atom stereocenters. The van der Waals surface area contributed by atoms with Crippen LogP contribution in [0.1, 0.15) is 30.8 Å². The Bertz CT molecular complexity index is 351. The molecule has 1 unspecified atom stereocenters. The van der Waals surface area contributed by atoms with E-state index < -0.39 is 6.10 Å². The summed E-state index contributed by atoms with van der Waals surface area (Å²) in [7, 11) is 0. The molecule has 0 N–H and O–H groups in total. The molecule has 0 aromatic carbocycles. The fourth-order valence-electron chi connectivity index (χ4n) is 1.45. The Morgan fingerprint density at radius 3 is 2.82 bits per heavy atom. The quantitative estimate of drug-likeness (QED) is 0.704. The lowest BCUT2D eigenvalue weighted by molar-refractivity contribution is -0.156. The third-order valence-electron chi connectivity index (χ3n) is 2.41. The second kappa shape index (κ2) is 7.40. The molecule has 4 nitrogen and oxygen atoms in total. The number of hydrogen-bond acceptors (Lipinski definition) is 5. The van der Waals surface area contributed by atoms with Gasteiger partial charge in [0.1, 0.15) is 0 Å². The van der Waals surface area contributed by atoms with Crippen molar-refractivity contribution in [2.45, 2.75) is 39.7 Å². The van der Waals surface area contributed by atoms with E-state index >= 15 is 0 Å². The average Bonchev–Trinajstić information content (AvgIpc) is 2.71. The highest BCUT2D eigenvalue weighted by atomic mass is 32.1. The van der Waals surface area contributed by atoms with Gasteiger partial charge in [-0.3, -0.25) is 0 Å². The lowest BCUT2D eigenvalue weighted by Gasteiger charge is -2.14. The first-order valence-corrected chi connectivity index (χ1v) is 6.74. The minimum Gasteiger partial charge on any atom is -0.464 e. The Morgan fingerprint density at radius 2 is 2.29 bits per heavy atom.